The molecule has 0 amide bonds. The lowest BCUT2D eigenvalue weighted by Gasteiger charge is -2.00. The number of hydrogen-bond donors (Lipinski definition) is 0. The lowest BCUT2D eigenvalue weighted by atomic mass is 10.1. The number of benzene rings is 1. The van der Waals surface area contributed by atoms with Crippen molar-refractivity contribution < 1.29 is 4.52 Å². The summed E-state index contributed by atoms with van der Waals surface area (Å²) in [4.78, 5) is 0. The molecule has 0 atom stereocenters. The molecule has 0 N–H and O–H groups in total. The summed E-state index contributed by atoms with van der Waals surface area (Å²) in [6.07, 6.45) is 0. The van der Waals surface area contributed by atoms with Crippen molar-refractivity contribution in [3.63, 3.8) is 0 Å². The molecule has 15 heavy (non-hydrogen) atoms. The van der Waals surface area contributed by atoms with E-state index in [1.54, 1.807) is 18.2 Å². The molecule has 0 saturated heterocycles. The second-order valence-electron chi connectivity index (χ2n) is 2.74. The van der Waals surface area contributed by atoms with Crippen LogP contribution in [0.5, 0.6) is 0 Å². The Morgan fingerprint density at radius 1 is 1.07 bits per heavy atom. The maximum absolute atomic E-state index is 5.97. The van der Waals surface area contributed by atoms with Gasteiger partial charge in [0.1, 0.15) is 10.7 Å². The first-order valence-electron chi connectivity index (χ1n) is 3.85. The molecular formula is C9H3Cl4NO. The second-order valence-corrected chi connectivity index (χ2v) is 4.31. The standard InChI is InChI=1S/C9H3Cl4NO/c10-4-1-2-6(11)5(3-4)8-7(12)9(13)15-14-8/h1-3H. The van der Waals surface area contributed by atoms with Crippen molar-refractivity contribution in [1.82, 2.24) is 5.16 Å². The van der Waals surface area contributed by atoms with E-state index in [1.807, 2.05) is 0 Å². The summed E-state index contributed by atoms with van der Waals surface area (Å²) < 4.78 is 4.73. The minimum Gasteiger partial charge on any atom is -0.342 e. The fourth-order valence-corrected chi connectivity index (χ4v) is 1.78. The predicted molar refractivity (Wildman–Crippen MR) is 62.0 cm³/mol. The smallest absolute Gasteiger partial charge is 0.245 e. The Morgan fingerprint density at radius 3 is 2.40 bits per heavy atom. The molecule has 6 heteroatoms. The van der Waals surface area contributed by atoms with Crippen LogP contribution in [0, 0.1) is 0 Å². The summed E-state index contributed by atoms with van der Waals surface area (Å²) in [6, 6.07) is 4.96. The number of aromatic nitrogens is 1. The molecule has 0 aliphatic carbocycles. The van der Waals surface area contributed by atoms with E-state index in [1.165, 1.54) is 0 Å². The fourth-order valence-electron chi connectivity index (χ4n) is 1.11. The van der Waals surface area contributed by atoms with Gasteiger partial charge in [0, 0.05) is 10.6 Å². The lowest BCUT2D eigenvalue weighted by Crippen LogP contribution is -1.80. The van der Waals surface area contributed by atoms with E-state index in [2.05, 4.69) is 5.16 Å². The van der Waals surface area contributed by atoms with Crippen molar-refractivity contribution in [3.05, 3.63) is 38.5 Å². The predicted octanol–water partition coefficient (Wildman–Crippen LogP) is 4.96. The Morgan fingerprint density at radius 2 is 1.80 bits per heavy atom. The van der Waals surface area contributed by atoms with Gasteiger partial charge < -0.3 is 4.52 Å². The van der Waals surface area contributed by atoms with Crippen molar-refractivity contribution in [2.75, 3.05) is 0 Å². The average Bonchev–Trinajstić information content (AvgIpc) is 2.52. The maximum atomic E-state index is 5.97. The first-order valence-corrected chi connectivity index (χ1v) is 5.37. The van der Waals surface area contributed by atoms with Crippen LogP contribution in [0.15, 0.2) is 22.7 Å². The summed E-state index contributed by atoms with van der Waals surface area (Å²) in [7, 11) is 0. The van der Waals surface area contributed by atoms with Crippen molar-refractivity contribution in [2.24, 2.45) is 0 Å². The zero-order chi connectivity index (χ0) is 11.0. The molecule has 1 heterocycles. The average molecular weight is 283 g/mol. The molecule has 0 bridgehead atoms. The molecule has 2 nitrogen and oxygen atoms in total. The summed E-state index contributed by atoms with van der Waals surface area (Å²) >= 11 is 23.3. The zero-order valence-corrected chi connectivity index (χ0v) is 10.1. The van der Waals surface area contributed by atoms with Gasteiger partial charge in [-0.3, -0.25) is 0 Å². The van der Waals surface area contributed by atoms with E-state index in [0.717, 1.165) is 0 Å². The van der Waals surface area contributed by atoms with Gasteiger partial charge in [0.25, 0.3) is 0 Å². The number of hydrogen-bond acceptors (Lipinski definition) is 2. The minimum atomic E-state index is 0.0303. The van der Waals surface area contributed by atoms with Crippen molar-refractivity contribution in [1.29, 1.82) is 0 Å². The normalized spacial score (nSPS) is 10.7. The minimum absolute atomic E-state index is 0.0303. The molecule has 0 unspecified atom stereocenters. The van der Waals surface area contributed by atoms with Crippen molar-refractivity contribution in [3.8, 4) is 11.3 Å². The summed E-state index contributed by atoms with van der Waals surface area (Å²) in [5, 5.41) is 4.97. The second kappa shape index (κ2) is 4.22. The molecular weight excluding hydrogens is 280 g/mol. The maximum Gasteiger partial charge on any atom is 0.245 e. The molecule has 1 aromatic carbocycles. The Balaban J connectivity index is 2.63. The monoisotopic (exact) mass is 281 g/mol. The third-order valence-corrected chi connectivity index (χ3v) is 3.05. The van der Waals surface area contributed by atoms with Gasteiger partial charge in [0.2, 0.25) is 5.22 Å². The van der Waals surface area contributed by atoms with Gasteiger partial charge in [-0.25, -0.2) is 0 Å². The van der Waals surface area contributed by atoms with E-state index in [4.69, 9.17) is 50.9 Å². The van der Waals surface area contributed by atoms with E-state index >= 15 is 0 Å². The Labute approximate surface area is 106 Å². The Kier molecular flexibility index (Phi) is 3.12. The summed E-state index contributed by atoms with van der Waals surface area (Å²) in [6.45, 7) is 0. The SMILES string of the molecule is Clc1ccc(Cl)c(-c2noc(Cl)c2Cl)c1. The lowest BCUT2D eigenvalue weighted by molar-refractivity contribution is 0.424. The first kappa shape index (κ1) is 11.1. The highest BCUT2D eigenvalue weighted by Crippen LogP contribution is 2.37. The highest BCUT2D eigenvalue weighted by Gasteiger charge is 2.16. The van der Waals surface area contributed by atoms with Crippen LogP contribution in [0.4, 0.5) is 0 Å². The fraction of sp³-hybridized carbons (Fsp3) is 0. The zero-order valence-electron chi connectivity index (χ0n) is 7.10. The summed E-state index contributed by atoms with van der Waals surface area (Å²) in [5.41, 5.74) is 0.971. The molecule has 0 spiro atoms. The van der Waals surface area contributed by atoms with Crippen LogP contribution in [0.2, 0.25) is 20.3 Å². The van der Waals surface area contributed by atoms with Crippen LogP contribution in [0.1, 0.15) is 0 Å². The van der Waals surface area contributed by atoms with Crippen LogP contribution in [-0.4, -0.2) is 5.16 Å². The van der Waals surface area contributed by atoms with Gasteiger partial charge in [-0.05, 0) is 29.8 Å². The van der Waals surface area contributed by atoms with Gasteiger partial charge in [0.05, 0.1) is 5.02 Å². The highest BCUT2D eigenvalue weighted by atomic mass is 35.5. The Hall–Kier alpha value is -0.410. The number of rotatable bonds is 1. The molecule has 1 aromatic heterocycles. The van der Waals surface area contributed by atoms with Gasteiger partial charge in [-0.2, -0.15) is 0 Å². The number of nitrogens with zero attached hydrogens (tertiary/aromatic N) is 1. The van der Waals surface area contributed by atoms with E-state index in [9.17, 15) is 0 Å². The molecule has 0 aliphatic heterocycles. The van der Waals surface area contributed by atoms with Gasteiger partial charge in [0.15, 0.2) is 0 Å². The van der Waals surface area contributed by atoms with Crippen LogP contribution < -0.4 is 0 Å². The van der Waals surface area contributed by atoms with Gasteiger partial charge >= 0.3 is 0 Å². The Bertz CT molecular complexity index is 509. The summed E-state index contributed by atoms with van der Waals surface area (Å²) in [5.74, 6) is 0. The topological polar surface area (TPSA) is 26.0 Å². The molecule has 0 fully saturated rings. The third kappa shape index (κ3) is 2.08. The van der Waals surface area contributed by atoms with E-state index in [0.29, 0.717) is 21.3 Å². The van der Waals surface area contributed by atoms with Crippen LogP contribution in [0.25, 0.3) is 11.3 Å². The first-order chi connectivity index (χ1) is 7.09. The molecule has 0 saturated carbocycles. The molecule has 2 aromatic rings. The van der Waals surface area contributed by atoms with Gasteiger partial charge in [-0.1, -0.05) is 40.0 Å². The molecule has 0 aliphatic rings. The van der Waals surface area contributed by atoms with Crippen LogP contribution in [0.3, 0.4) is 0 Å². The van der Waals surface area contributed by atoms with Gasteiger partial charge in [-0.15, -0.1) is 0 Å². The van der Waals surface area contributed by atoms with Crippen LogP contribution >= 0.6 is 46.4 Å². The highest BCUT2D eigenvalue weighted by molar-refractivity contribution is 6.43. The third-order valence-electron chi connectivity index (χ3n) is 1.78. The van der Waals surface area contributed by atoms with Crippen molar-refractivity contribution >= 4 is 46.4 Å². The largest absolute Gasteiger partial charge is 0.342 e. The molecule has 0 radical (unpaired) electrons. The molecule has 78 valence electrons. The number of halogens is 4. The van der Waals surface area contributed by atoms with E-state index in [-0.39, 0.29) is 10.2 Å². The van der Waals surface area contributed by atoms with Crippen molar-refractivity contribution in [2.45, 2.75) is 0 Å². The van der Waals surface area contributed by atoms with E-state index < -0.39 is 0 Å². The quantitative estimate of drug-likeness (QED) is 0.739. The molecule has 2 rings (SSSR count). The van der Waals surface area contributed by atoms with Crippen LogP contribution in [-0.2, 0) is 0 Å².